The van der Waals surface area contributed by atoms with Gasteiger partial charge in [0.15, 0.2) is 11.5 Å². The van der Waals surface area contributed by atoms with Crippen molar-refractivity contribution in [2.45, 2.75) is 20.5 Å². The third-order valence-corrected chi connectivity index (χ3v) is 4.39. The van der Waals surface area contributed by atoms with Crippen molar-refractivity contribution in [3.8, 4) is 23.1 Å². The van der Waals surface area contributed by atoms with Gasteiger partial charge in [-0.15, -0.1) is 0 Å². The minimum atomic E-state index is 0.443. The van der Waals surface area contributed by atoms with Crippen molar-refractivity contribution in [3.63, 3.8) is 0 Å². The maximum Gasteiger partial charge on any atom is 0.223 e. The molecule has 0 aliphatic heterocycles. The van der Waals surface area contributed by atoms with E-state index in [9.17, 15) is 0 Å². The van der Waals surface area contributed by atoms with Gasteiger partial charge in [-0.25, -0.2) is 4.98 Å². The molecule has 3 rings (SSSR count). The van der Waals surface area contributed by atoms with E-state index in [1.807, 2.05) is 44.2 Å². The first-order valence-electron chi connectivity index (χ1n) is 8.56. The summed E-state index contributed by atoms with van der Waals surface area (Å²) in [5.41, 5.74) is 10.4. The molecule has 2 N–H and O–H groups in total. The molecule has 3 aromatic rings. The summed E-state index contributed by atoms with van der Waals surface area (Å²) in [5, 5.41) is 0.911. The number of hydrogen-bond donors (Lipinski definition) is 1. The molecule has 0 saturated carbocycles. The Morgan fingerprint density at radius 3 is 2.19 bits per heavy atom. The molecule has 0 aliphatic carbocycles. The summed E-state index contributed by atoms with van der Waals surface area (Å²) in [6.07, 6.45) is 0. The van der Waals surface area contributed by atoms with Crippen LogP contribution in [0.5, 0.6) is 23.1 Å². The van der Waals surface area contributed by atoms with Gasteiger partial charge in [-0.1, -0.05) is 6.07 Å². The maximum absolute atomic E-state index is 6.15. The number of fused-ring (bicyclic) bond motifs is 1. The predicted molar refractivity (Wildman–Crippen MR) is 106 cm³/mol. The van der Waals surface area contributed by atoms with Gasteiger partial charge in [-0.05, 0) is 49.2 Å². The lowest BCUT2D eigenvalue weighted by Crippen LogP contribution is -2.01. The van der Waals surface area contributed by atoms with E-state index in [1.54, 1.807) is 21.3 Å². The number of aromatic nitrogens is 1. The van der Waals surface area contributed by atoms with Gasteiger partial charge in [0.1, 0.15) is 0 Å². The lowest BCUT2D eigenvalue weighted by atomic mass is 10.1. The first kappa shape index (κ1) is 18.8. The molecule has 6 heteroatoms. The van der Waals surface area contributed by atoms with Crippen LogP contribution in [0.15, 0.2) is 30.3 Å². The molecule has 27 heavy (non-hydrogen) atoms. The number of nitrogens with zero attached hydrogens (tertiary/aromatic N) is 1. The van der Waals surface area contributed by atoms with E-state index in [2.05, 4.69) is 0 Å². The zero-order valence-electron chi connectivity index (χ0n) is 16.3. The van der Waals surface area contributed by atoms with Gasteiger partial charge in [0, 0.05) is 23.7 Å². The zero-order valence-corrected chi connectivity index (χ0v) is 16.3. The molecule has 0 spiro atoms. The van der Waals surface area contributed by atoms with E-state index in [0.717, 1.165) is 27.6 Å². The summed E-state index contributed by atoms with van der Waals surface area (Å²) in [7, 11) is 4.81. The summed E-state index contributed by atoms with van der Waals surface area (Å²) >= 11 is 0. The number of methoxy groups -OCH3 is 3. The first-order valence-corrected chi connectivity index (χ1v) is 8.56. The number of ether oxygens (including phenoxy) is 4. The van der Waals surface area contributed by atoms with Crippen LogP contribution in [-0.4, -0.2) is 26.3 Å². The van der Waals surface area contributed by atoms with Gasteiger partial charge in [-0.3, -0.25) is 0 Å². The Bertz CT molecular complexity index is 961. The summed E-state index contributed by atoms with van der Waals surface area (Å²) in [4.78, 5) is 4.70. The highest BCUT2D eigenvalue weighted by molar-refractivity contribution is 5.93. The second kappa shape index (κ2) is 7.72. The zero-order chi connectivity index (χ0) is 19.6. The first-order chi connectivity index (χ1) is 13.0. The normalized spacial score (nSPS) is 10.9. The number of nitrogens with two attached hydrogens (primary N) is 1. The van der Waals surface area contributed by atoms with E-state index >= 15 is 0 Å². The topological polar surface area (TPSA) is 75.8 Å². The predicted octanol–water partition coefficient (Wildman–Crippen LogP) is 4.39. The van der Waals surface area contributed by atoms with Gasteiger partial charge in [0.25, 0.3) is 0 Å². The molecule has 1 heterocycles. The largest absolute Gasteiger partial charge is 0.493 e. The summed E-state index contributed by atoms with van der Waals surface area (Å²) in [5.74, 6) is 2.04. The van der Waals surface area contributed by atoms with E-state index in [0.29, 0.717) is 35.4 Å². The molecule has 142 valence electrons. The number of nitrogen functional groups attached to an aromatic ring is 1. The molecule has 1 aromatic heterocycles. The highest BCUT2D eigenvalue weighted by Gasteiger charge is 2.18. The molecule has 0 radical (unpaired) electrons. The van der Waals surface area contributed by atoms with E-state index in [4.69, 9.17) is 29.7 Å². The van der Waals surface area contributed by atoms with E-state index in [1.165, 1.54) is 0 Å². The average Bonchev–Trinajstić information content (AvgIpc) is 2.66. The van der Waals surface area contributed by atoms with Crippen molar-refractivity contribution in [1.29, 1.82) is 0 Å². The fraction of sp³-hybridized carbons (Fsp3) is 0.286. The van der Waals surface area contributed by atoms with Crippen LogP contribution < -0.4 is 19.9 Å². The van der Waals surface area contributed by atoms with Crippen molar-refractivity contribution in [3.05, 3.63) is 47.0 Å². The molecule has 0 aliphatic rings. The van der Waals surface area contributed by atoms with Gasteiger partial charge in [0.2, 0.25) is 11.6 Å². The standard InChI is InChI=1S/C21H24N2O4/c1-12-6-7-16(22)15-8-13(2)21(23-19(12)15)27-20-17(25-4)9-14(11-24-3)10-18(20)26-5/h6-10H,11,22H2,1-5H3. The number of benzene rings is 2. The van der Waals surface area contributed by atoms with Gasteiger partial charge in [0.05, 0.1) is 26.3 Å². The average molecular weight is 368 g/mol. The van der Waals surface area contributed by atoms with Crippen molar-refractivity contribution >= 4 is 16.6 Å². The van der Waals surface area contributed by atoms with E-state index < -0.39 is 0 Å². The number of hydrogen-bond acceptors (Lipinski definition) is 6. The van der Waals surface area contributed by atoms with Crippen LogP contribution in [0, 0.1) is 13.8 Å². The second-order valence-corrected chi connectivity index (χ2v) is 6.34. The lowest BCUT2D eigenvalue weighted by Gasteiger charge is -2.17. The van der Waals surface area contributed by atoms with Crippen LogP contribution in [0.2, 0.25) is 0 Å². The van der Waals surface area contributed by atoms with Crippen LogP contribution >= 0.6 is 0 Å². The molecule has 0 saturated heterocycles. The fourth-order valence-corrected chi connectivity index (χ4v) is 2.99. The Morgan fingerprint density at radius 1 is 0.926 bits per heavy atom. The van der Waals surface area contributed by atoms with Crippen LogP contribution in [0.25, 0.3) is 10.9 Å². The van der Waals surface area contributed by atoms with Crippen LogP contribution in [-0.2, 0) is 11.3 Å². The molecular formula is C21H24N2O4. The molecule has 0 bridgehead atoms. The van der Waals surface area contributed by atoms with Crippen molar-refractivity contribution in [2.75, 3.05) is 27.1 Å². The second-order valence-electron chi connectivity index (χ2n) is 6.34. The van der Waals surface area contributed by atoms with Crippen molar-refractivity contribution < 1.29 is 18.9 Å². The van der Waals surface area contributed by atoms with Gasteiger partial charge < -0.3 is 24.7 Å². The summed E-state index contributed by atoms with van der Waals surface area (Å²) in [6.45, 7) is 4.37. The Balaban J connectivity index is 2.12. The highest BCUT2D eigenvalue weighted by atomic mass is 16.5. The fourth-order valence-electron chi connectivity index (χ4n) is 2.99. The smallest absolute Gasteiger partial charge is 0.223 e. The van der Waals surface area contributed by atoms with Crippen LogP contribution in [0.1, 0.15) is 16.7 Å². The molecule has 0 unspecified atom stereocenters. The molecule has 2 aromatic carbocycles. The third-order valence-electron chi connectivity index (χ3n) is 4.39. The maximum atomic E-state index is 6.15. The Hall–Kier alpha value is -2.99. The number of aryl methyl sites for hydroxylation is 2. The minimum absolute atomic E-state index is 0.443. The minimum Gasteiger partial charge on any atom is -0.493 e. The third kappa shape index (κ3) is 3.61. The number of pyridine rings is 1. The van der Waals surface area contributed by atoms with Gasteiger partial charge >= 0.3 is 0 Å². The number of anilines is 1. The van der Waals surface area contributed by atoms with E-state index in [-0.39, 0.29) is 0 Å². The van der Waals surface area contributed by atoms with Gasteiger partial charge in [-0.2, -0.15) is 0 Å². The monoisotopic (exact) mass is 368 g/mol. The van der Waals surface area contributed by atoms with Crippen molar-refractivity contribution in [1.82, 2.24) is 4.98 Å². The quantitative estimate of drug-likeness (QED) is 0.650. The highest BCUT2D eigenvalue weighted by Crippen LogP contribution is 2.42. The molecule has 0 fully saturated rings. The summed E-state index contributed by atoms with van der Waals surface area (Å²) in [6, 6.07) is 9.55. The summed E-state index contributed by atoms with van der Waals surface area (Å²) < 4.78 is 22.4. The Morgan fingerprint density at radius 2 is 1.59 bits per heavy atom. The Kier molecular flexibility index (Phi) is 5.37. The molecule has 0 atom stereocenters. The van der Waals surface area contributed by atoms with Crippen LogP contribution in [0.4, 0.5) is 5.69 Å². The molecular weight excluding hydrogens is 344 g/mol. The molecule has 0 amide bonds. The van der Waals surface area contributed by atoms with Crippen LogP contribution in [0.3, 0.4) is 0 Å². The lowest BCUT2D eigenvalue weighted by molar-refractivity contribution is 0.184. The number of rotatable bonds is 6. The molecule has 6 nitrogen and oxygen atoms in total. The SMILES string of the molecule is COCc1cc(OC)c(Oc2nc3c(C)ccc(N)c3cc2C)c(OC)c1. The van der Waals surface area contributed by atoms with Crippen molar-refractivity contribution in [2.24, 2.45) is 0 Å². The Labute approximate surface area is 158 Å².